The van der Waals surface area contributed by atoms with Gasteiger partial charge in [-0.1, -0.05) is 12.1 Å². The molecule has 0 spiro atoms. The molecule has 1 saturated heterocycles. The summed E-state index contributed by atoms with van der Waals surface area (Å²) in [7, 11) is 0. The molecule has 7 nitrogen and oxygen atoms in total. The first-order valence-electron chi connectivity index (χ1n) is 10.2. The van der Waals surface area contributed by atoms with Crippen LogP contribution in [0.3, 0.4) is 0 Å². The molecule has 2 amide bonds. The van der Waals surface area contributed by atoms with Gasteiger partial charge >= 0.3 is 6.09 Å². The van der Waals surface area contributed by atoms with E-state index < -0.39 is 23.7 Å². The number of hydrogen-bond acceptors (Lipinski definition) is 5. The van der Waals surface area contributed by atoms with Gasteiger partial charge in [0, 0.05) is 13.1 Å². The van der Waals surface area contributed by atoms with Gasteiger partial charge in [0.2, 0.25) is 0 Å². The SMILES string of the molecule is CC(C)(C)OC(=O)N1C[C@H](NC(=O)c2ccccc2OC2CCCC2)[C@@H](C#N)C1. The molecule has 1 aliphatic carbocycles. The minimum absolute atomic E-state index is 0.143. The number of carbonyl (C=O) groups is 2. The van der Waals surface area contributed by atoms with Gasteiger partial charge in [-0.05, 0) is 58.6 Å². The van der Waals surface area contributed by atoms with E-state index in [2.05, 4.69) is 11.4 Å². The minimum Gasteiger partial charge on any atom is -0.490 e. The highest BCUT2D eigenvalue weighted by atomic mass is 16.6. The predicted octanol–water partition coefficient (Wildman–Crippen LogP) is 3.50. The molecule has 1 aromatic rings. The second-order valence-electron chi connectivity index (χ2n) is 8.72. The van der Waals surface area contributed by atoms with Crippen molar-refractivity contribution in [1.82, 2.24) is 10.2 Å². The maximum absolute atomic E-state index is 12.9. The van der Waals surface area contributed by atoms with Crippen molar-refractivity contribution in [3.05, 3.63) is 29.8 Å². The van der Waals surface area contributed by atoms with E-state index in [1.165, 1.54) is 4.90 Å². The first-order valence-corrected chi connectivity index (χ1v) is 10.2. The lowest BCUT2D eigenvalue weighted by atomic mass is 10.1. The smallest absolute Gasteiger partial charge is 0.410 e. The number of carbonyl (C=O) groups excluding carboxylic acids is 2. The highest BCUT2D eigenvalue weighted by Gasteiger charge is 2.38. The Morgan fingerprint density at radius 1 is 1.17 bits per heavy atom. The quantitative estimate of drug-likeness (QED) is 0.837. The van der Waals surface area contributed by atoms with Crippen molar-refractivity contribution in [3.63, 3.8) is 0 Å². The van der Waals surface area contributed by atoms with E-state index in [1.54, 1.807) is 39.0 Å². The van der Waals surface area contributed by atoms with Gasteiger partial charge in [-0.15, -0.1) is 0 Å². The topological polar surface area (TPSA) is 91.7 Å². The van der Waals surface area contributed by atoms with Crippen LogP contribution in [0.5, 0.6) is 5.75 Å². The van der Waals surface area contributed by atoms with E-state index in [9.17, 15) is 14.9 Å². The Bertz CT molecular complexity index is 790. The Hall–Kier alpha value is -2.75. The molecule has 7 heteroatoms. The summed E-state index contributed by atoms with van der Waals surface area (Å²) in [6, 6.07) is 8.90. The van der Waals surface area contributed by atoms with Crippen LogP contribution in [0.25, 0.3) is 0 Å². The van der Waals surface area contributed by atoms with Gasteiger partial charge in [-0.25, -0.2) is 4.79 Å². The van der Waals surface area contributed by atoms with Crippen molar-refractivity contribution < 1.29 is 19.1 Å². The Kier molecular flexibility index (Phi) is 6.31. The summed E-state index contributed by atoms with van der Waals surface area (Å²) in [5, 5.41) is 12.4. The summed E-state index contributed by atoms with van der Waals surface area (Å²) in [5.41, 5.74) is -0.163. The van der Waals surface area contributed by atoms with Crippen LogP contribution in [0.2, 0.25) is 0 Å². The molecule has 3 rings (SSSR count). The average molecular weight is 399 g/mol. The predicted molar refractivity (Wildman–Crippen MR) is 107 cm³/mol. The van der Waals surface area contributed by atoms with Crippen LogP contribution in [-0.2, 0) is 4.74 Å². The van der Waals surface area contributed by atoms with Crippen LogP contribution in [0.4, 0.5) is 4.79 Å². The Morgan fingerprint density at radius 3 is 2.52 bits per heavy atom. The molecule has 156 valence electrons. The van der Waals surface area contributed by atoms with Gasteiger partial charge in [0.1, 0.15) is 11.4 Å². The highest BCUT2D eigenvalue weighted by Crippen LogP contribution is 2.27. The summed E-state index contributed by atoms with van der Waals surface area (Å²) >= 11 is 0. The summed E-state index contributed by atoms with van der Waals surface area (Å²) < 4.78 is 11.4. The summed E-state index contributed by atoms with van der Waals surface area (Å²) in [5.74, 6) is -0.225. The highest BCUT2D eigenvalue weighted by molar-refractivity contribution is 5.97. The van der Waals surface area contributed by atoms with Crippen molar-refractivity contribution in [2.45, 2.75) is 64.2 Å². The first-order chi connectivity index (χ1) is 13.8. The second kappa shape index (κ2) is 8.73. The van der Waals surface area contributed by atoms with Crippen molar-refractivity contribution in [3.8, 4) is 11.8 Å². The van der Waals surface area contributed by atoms with E-state index in [-0.39, 0.29) is 25.1 Å². The van der Waals surface area contributed by atoms with Crippen molar-refractivity contribution in [2.75, 3.05) is 13.1 Å². The largest absolute Gasteiger partial charge is 0.490 e. The Balaban J connectivity index is 1.67. The third kappa shape index (κ3) is 5.41. The number of ether oxygens (including phenoxy) is 2. The third-order valence-corrected chi connectivity index (χ3v) is 5.18. The zero-order valence-electron chi connectivity index (χ0n) is 17.3. The summed E-state index contributed by atoms with van der Waals surface area (Å²) in [6.45, 7) is 5.86. The van der Waals surface area contributed by atoms with Crippen LogP contribution in [-0.4, -0.2) is 47.7 Å². The average Bonchev–Trinajstić information content (AvgIpc) is 3.30. The van der Waals surface area contributed by atoms with Gasteiger partial charge in [0.15, 0.2) is 0 Å². The van der Waals surface area contributed by atoms with Crippen LogP contribution in [0.1, 0.15) is 56.8 Å². The lowest BCUT2D eigenvalue weighted by Crippen LogP contribution is -2.41. The normalized spacial score (nSPS) is 22.2. The molecule has 0 unspecified atom stereocenters. The number of para-hydroxylation sites is 1. The van der Waals surface area contributed by atoms with Gasteiger partial charge in [0.05, 0.1) is 29.7 Å². The van der Waals surface area contributed by atoms with Gasteiger partial charge < -0.3 is 19.7 Å². The maximum Gasteiger partial charge on any atom is 0.410 e. The molecular formula is C22H29N3O4. The molecular weight excluding hydrogens is 370 g/mol. The number of nitrogens with one attached hydrogen (secondary N) is 1. The van der Waals surface area contributed by atoms with E-state index in [4.69, 9.17) is 9.47 Å². The second-order valence-corrected chi connectivity index (χ2v) is 8.72. The molecule has 1 saturated carbocycles. The van der Waals surface area contributed by atoms with Crippen LogP contribution < -0.4 is 10.1 Å². The van der Waals surface area contributed by atoms with E-state index in [0.29, 0.717) is 11.3 Å². The monoisotopic (exact) mass is 399 g/mol. The molecule has 1 aliphatic heterocycles. The van der Waals surface area contributed by atoms with E-state index >= 15 is 0 Å². The molecule has 1 heterocycles. The molecule has 1 aromatic carbocycles. The van der Waals surface area contributed by atoms with Crippen molar-refractivity contribution in [2.24, 2.45) is 5.92 Å². The third-order valence-electron chi connectivity index (χ3n) is 5.18. The molecule has 2 aliphatic rings. The van der Waals surface area contributed by atoms with Gasteiger partial charge in [-0.3, -0.25) is 4.79 Å². The Morgan fingerprint density at radius 2 is 1.86 bits per heavy atom. The standard InChI is InChI=1S/C22H29N3O4/c1-22(2,3)29-21(27)25-13-15(12-23)18(14-25)24-20(26)17-10-6-7-11-19(17)28-16-8-4-5-9-16/h6-7,10-11,15-16,18H,4-5,8-9,13-14H2,1-3H3,(H,24,26)/t15-,18-/m0/s1. The Labute approximate surface area is 172 Å². The fourth-order valence-electron chi connectivity index (χ4n) is 3.75. The molecule has 2 fully saturated rings. The van der Waals surface area contributed by atoms with Crippen LogP contribution in [0.15, 0.2) is 24.3 Å². The number of likely N-dealkylation sites (tertiary alicyclic amines) is 1. The van der Waals surface area contributed by atoms with Crippen LogP contribution in [0, 0.1) is 17.2 Å². The lowest BCUT2D eigenvalue weighted by molar-refractivity contribution is 0.0287. The number of benzene rings is 1. The molecule has 0 bridgehead atoms. The van der Waals surface area contributed by atoms with Crippen LogP contribution >= 0.6 is 0 Å². The van der Waals surface area contributed by atoms with Crippen molar-refractivity contribution >= 4 is 12.0 Å². The van der Waals surface area contributed by atoms with Crippen molar-refractivity contribution in [1.29, 1.82) is 5.26 Å². The number of nitrogens with zero attached hydrogens (tertiary/aromatic N) is 2. The number of rotatable bonds is 4. The first kappa shape index (κ1) is 21.0. The van der Waals surface area contributed by atoms with E-state index in [0.717, 1.165) is 25.7 Å². The molecule has 2 atom stereocenters. The number of amides is 2. The fourth-order valence-corrected chi connectivity index (χ4v) is 3.75. The van der Waals surface area contributed by atoms with Gasteiger partial charge in [0.25, 0.3) is 5.91 Å². The van der Waals surface area contributed by atoms with Gasteiger partial charge in [-0.2, -0.15) is 5.26 Å². The molecule has 0 aromatic heterocycles. The molecule has 1 N–H and O–H groups in total. The number of hydrogen-bond donors (Lipinski definition) is 1. The fraction of sp³-hybridized carbons (Fsp3) is 0.591. The summed E-state index contributed by atoms with van der Waals surface area (Å²) in [6.07, 6.45) is 3.96. The zero-order valence-corrected chi connectivity index (χ0v) is 17.3. The maximum atomic E-state index is 12.9. The lowest BCUT2D eigenvalue weighted by Gasteiger charge is -2.24. The zero-order chi connectivity index (χ0) is 21.0. The summed E-state index contributed by atoms with van der Waals surface area (Å²) in [4.78, 5) is 26.7. The number of nitriles is 1. The molecule has 0 radical (unpaired) electrons. The minimum atomic E-state index is -0.614. The molecule has 29 heavy (non-hydrogen) atoms. The van der Waals surface area contributed by atoms with E-state index in [1.807, 2.05) is 6.07 Å².